The smallest absolute Gasteiger partial charge is 0.100 e. The highest BCUT2D eigenvalue weighted by Gasteiger charge is 2.43. The lowest BCUT2D eigenvalue weighted by atomic mass is 9.89. The molecule has 2 fully saturated rings. The minimum atomic E-state index is 0.0922. The van der Waals surface area contributed by atoms with Crippen LogP contribution in [0.5, 0.6) is 0 Å². The summed E-state index contributed by atoms with van der Waals surface area (Å²) in [6, 6.07) is 0. The second-order valence-corrected chi connectivity index (χ2v) is 5.97. The number of ether oxygens (including phenoxy) is 3. The van der Waals surface area contributed by atoms with Crippen molar-refractivity contribution in [2.24, 2.45) is 0 Å². The summed E-state index contributed by atoms with van der Waals surface area (Å²) in [7, 11) is 1.79. The van der Waals surface area contributed by atoms with Gasteiger partial charge in [0.25, 0.3) is 0 Å². The molecule has 0 bridgehead atoms. The maximum absolute atomic E-state index is 6.19. The van der Waals surface area contributed by atoms with Crippen LogP contribution in [0.2, 0.25) is 0 Å². The fourth-order valence-electron chi connectivity index (χ4n) is 2.81. The Morgan fingerprint density at radius 2 is 1.94 bits per heavy atom. The van der Waals surface area contributed by atoms with E-state index in [0.29, 0.717) is 12.2 Å². The zero-order valence-electron chi connectivity index (χ0n) is 11.4. The molecule has 2 aliphatic rings. The van der Waals surface area contributed by atoms with Crippen molar-refractivity contribution < 1.29 is 14.2 Å². The van der Waals surface area contributed by atoms with E-state index in [4.69, 9.17) is 25.8 Å². The van der Waals surface area contributed by atoms with Gasteiger partial charge in [0.05, 0.1) is 23.7 Å². The van der Waals surface area contributed by atoms with Crippen LogP contribution in [0.25, 0.3) is 0 Å². The maximum Gasteiger partial charge on any atom is 0.100 e. The van der Waals surface area contributed by atoms with E-state index in [-0.39, 0.29) is 17.6 Å². The highest BCUT2D eigenvalue weighted by Crippen LogP contribution is 2.35. The molecule has 5 atom stereocenters. The fourth-order valence-corrected chi connectivity index (χ4v) is 3.22. The Balaban J connectivity index is 1.75. The second kappa shape index (κ2) is 7.09. The van der Waals surface area contributed by atoms with Crippen LogP contribution in [-0.4, -0.2) is 43.5 Å². The molecule has 4 heteroatoms. The maximum atomic E-state index is 6.19. The van der Waals surface area contributed by atoms with E-state index in [2.05, 4.69) is 6.92 Å². The minimum Gasteiger partial charge on any atom is -0.381 e. The number of methoxy groups -OCH3 is 1. The van der Waals surface area contributed by atoms with Gasteiger partial charge in [-0.3, -0.25) is 0 Å². The van der Waals surface area contributed by atoms with Crippen molar-refractivity contribution in [2.75, 3.05) is 13.7 Å². The van der Waals surface area contributed by atoms with E-state index < -0.39 is 0 Å². The monoisotopic (exact) mass is 276 g/mol. The van der Waals surface area contributed by atoms with Crippen molar-refractivity contribution in [1.82, 2.24) is 0 Å². The van der Waals surface area contributed by atoms with Gasteiger partial charge in [-0.25, -0.2) is 0 Å². The third-order valence-corrected chi connectivity index (χ3v) is 4.40. The zero-order chi connectivity index (χ0) is 13.0. The molecule has 2 saturated carbocycles. The highest BCUT2D eigenvalue weighted by molar-refractivity contribution is 6.21. The van der Waals surface area contributed by atoms with E-state index in [0.717, 1.165) is 38.7 Å². The summed E-state index contributed by atoms with van der Waals surface area (Å²) >= 11 is 6.19. The number of alkyl halides is 1. The molecule has 0 aromatic rings. The Hall–Kier alpha value is 0.170. The van der Waals surface area contributed by atoms with E-state index >= 15 is 0 Å². The summed E-state index contributed by atoms with van der Waals surface area (Å²) in [6.45, 7) is 2.89. The Bertz CT molecular complexity index is 249. The van der Waals surface area contributed by atoms with Crippen molar-refractivity contribution in [3.05, 3.63) is 0 Å². The first-order valence-electron chi connectivity index (χ1n) is 7.18. The van der Waals surface area contributed by atoms with Crippen LogP contribution in [-0.2, 0) is 14.2 Å². The van der Waals surface area contributed by atoms with Crippen LogP contribution in [0.4, 0.5) is 0 Å². The largest absolute Gasteiger partial charge is 0.381 e. The average molecular weight is 277 g/mol. The van der Waals surface area contributed by atoms with Gasteiger partial charge >= 0.3 is 0 Å². The van der Waals surface area contributed by atoms with Crippen LogP contribution in [0.1, 0.15) is 45.4 Å². The van der Waals surface area contributed by atoms with E-state index in [1.165, 1.54) is 6.42 Å². The summed E-state index contributed by atoms with van der Waals surface area (Å²) in [5.74, 6) is 0. The number of halogens is 1. The molecule has 0 amide bonds. The minimum absolute atomic E-state index is 0.0922. The Morgan fingerprint density at radius 1 is 1.17 bits per heavy atom. The van der Waals surface area contributed by atoms with E-state index in [9.17, 15) is 0 Å². The third-order valence-electron chi connectivity index (χ3n) is 3.97. The fraction of sp³-hybridized carbons (Fsp3) is 1.00. The first-order chi connectivity index (χ1) is 8.74. The molecule has 0 aliphatic heterocycles. The third kappa shape index (κ3) is 3.60. The van der Waals surface area contributed by atoms with Gasteiger partial charge < -0.3 is 14.2 Å². The molecular formula is C14H25ClO3. The van der Waals surface area contributed by atoms with Crippen molar-refractivity contribution in [3.63, 3.8) is 0 Å². The normalized spacial score (nSPS) is 40.5. The Labute approximate surface area is 115 Å². The number of hydrogen-bond donors (Lipinski definition) is 0. The first-order valence-corrected chi connectivity index (χ1v) is 7.62. The lowest BCUT2D eigenvalue weighted by Crippen LogP contribution is -2.52. The van der Waals surface area contributed by atoms with Gasteiger partial charge in [-0.05, 0) is 38.5 Å². The quantitative estimate of drug-likeness (QED) is 0.698. The van der Waals surface area contributed by atoms with Crippen LogP contribution < -0.4 is 0 Å². The molecule has 0 heterocycles. The van der Waals surface area contributed by atoms with Gasteiger partial charge in [0.2, 0.25) is 0 Å². The zero-order valence-corrected chi connectivity index (χ0v) is 12.2. The highest BCUT2D eigenvalue weighted by atomic mass is 35.5. The lowest BCUT2D eigenvalue weighted by molar-refractivity contribution is -0.161. The number of hydrogen-bond acceptors (Lipinski definition) is 3. The molecule has 2 aliphatic carbocycles. The molecule has 3 nitrogen and oxygen atoms in total. The van der Waals surface area contributed by atoms with Gasteiger partial charge in [0, 0.05) is 13.7 Å². The van der Waals surface area contributed by atoms with Gasteiger partial charge in [-0.15, -0.1) is 11.6 Å². The van der Waals surface area contributed by atoms with Crippen molar-refractivity contribution in [3.8, 4) is 0 Å². The van der Waals surface area contributed by atoms with Gasteiger partial charge in [-0.2, -0.15) is 0 Å². The summed E-state index contributed by atoms with van der Waals surface area (Å²) in [6.07, 6.45) is 7.44. The molecule has 0 spiro atoms. The van der Waals surface area contributed by atoms with E-state index in [1.807, 2.05) is 0 Å². The molecule has 2 rings (SSSR count). The molecule has 0 N–H and O–H groups in total. The van der Waals surface area contributed by atoms with Crippen molar-refractivity contribution in [1.29, 1.82) is 0 Å². The van der Waals surface area contributed by atoms with Gasteiger partial charge in [0.15, 0.2) is 0 Å². The SMILES string of the molecule is CCCOC1C(Cl)CC1OC1CCCC(OC)C1. The molecule has 0 saturated heterocycles. The Morgan fingerprint density at radius 3 is 2.61 bits per heavy atom. The average Bonchev–Trinajstić information content (AvgIpc) is 2.39. The lowest BCUT2D eigenvalue weighted by Gasteiger charge is -2.43. The van der Waals surface area contributed by atoms with Gasteiger partial charge in [-0.1, -0.05) is 6.92 Å². The topological polar surface area (TPSA) is 27.7 Å². The predicted octanol–water partition coefficient (Wildman–Crippen LogP) is 3.14. The molecule has 0 aromatic carbocycles. The summed E-state index contributed by atoms with van der Waals surface area (Å²) in [4.78, 5) is 0. The van der Waals surface area contributed by atoms with Crippen LogP contribution in [0.15, 0.2) is 0 Å². The summed E-state index contributed by atoms with van der Waals surface area (Å²) < 4.78 is 17.3. The molecule has 106 valence electrons. The number of rotatable bonds is 6. The van der Waals surface area contributed by atoms with Crippen LogP contribution in [0.3, 0.4) is 0 Å². The summed E-state index contributed by atoms with van der Waals surface area (Å²) in [5, 5.41) is 0.128. The first kappa shape index (κ1) is 14.6. The molecule has 0 aromatic heterocycles. The Kier molecular flexibility index (Phi) is 5.74. The van der Waals surface area contributed by atoms with Crippen LogP contribution >= 0.6 is 11.6 Å². The van der Waals surface area contributed by atoms with Crippen molar-refractivity contribution >= 4 is 11.6 Å². The van der Waals surface area contributed by atoms with E-state index in [1.54, 1.807) is 7.11 Å². The van der Waals surface area contributed by atoms with Crippen molar-refractivity contribution in [2.45, 2.75) is 75.2 Å². The predicted molar refractivity (Wildman–Crippen MR) is 72.2 cm³/mol. The second-order valence-electron chi connectivity index (χ2n) is 5.41. The summed E-state index contributed by atoms with van der Waals surface area (Å²) in [5.41, 5.74) is 0. The molecule has 0 radical (unpaired) electrons. The molecular weight excluding hydrogens is 252 g/mol. The molecule has 18 heavy (non-hydrogen) atoms. The molecule has 5 unspecified atom stereocenters. The standard InChI is InChI=1S/C14H25ClO3/c1-3-7-17-14-12(15)9-13(14)18-11-6-4-5-10(8-11)16-2/h10-14H,3-9H2,1-2H3. The van der Waals surface area contributed by atoms with Gasteiger partial charge in [0.1, 0.15) is 6.10 Å². The van der Waals surface area contributed by atoms with Crippen LogP contribution in [0, 0.1) is 0 Å².